The highest BCUT2D eigenvalue weighted by Gasteiger charge is 2.20. The van der Waals surface area contributed by atoms with Crippen LogP contribution in [0.3, 0.4) is 0 Å². The summed E-state index contributed by atoms with van der Waals surface area (Å²) in [7, 11) is 0. The van der Waals surface area contributed by atoms with Gasteiger partial charge in [-0.05, 0) is 159 Å². The van der Waals surface area contributed by atoms with Crippen molar-refractivity contribution in [2.75, 3.05) is 9.80 Å². The maximum atomic E-state index is 6.79. The maximum Gasteiger partial charge on any atom is 0.137 e. The van der Waals surface area contributed by atoms with Gasteiger partial charge in [0.25, 0.3) is 0 Å². The van der Waals surface area contributed by atoms with Crippen molar-refractivity contribution in [3.63, 3.8) is 0 Å². The lowest BCUT2D eigenvalue weighted by Gasteiger charge is -2.26. The van der Waals surface area contributed by atoms with Crippen LogP contribution in [0.15, 0.2) is 258 Å². The highest BCUT2D eigenvalue weighted by atomic mass is 16.3. The third-order valence-electron chi connectivity index (χ3n) is 14.2. The third-order valence-corrected chi connectivity index (χ3v) is 14.2. The van der Waals surface area contributed by atoms with Crippen molar-refractivity contribution in [1.82, 2.24) is 0 Å². The molecule has 0 saturated carbocycles. The Hall–Kier alpha value is -9.38. The van der Waals surface area contributed by atoms with E-state index < -0.39 is 0 Å². The van der Waals surface area contributed by atoms with E-state index >= 15 is 0 Å². The number of aryl methyl sites for hydroxylation is 1. The molecule has 0 N–H and O–H groups in total. The average Bonchev–Trinajstić information content (AvgIpc) is 3.96. The van der Waals surface area contributed by atoms with Gasteiger partial charge in [-0.2, -0.15) is 0 Å². The zero-order valence-electron chi connectivity index (χ0n) is 38.9. The first-order valence-electron chi connectivity index (χ1n) is 24.2. The SMILES string of the molecule is Cc1cccc(-c2ccc(N(c3ccc4ccccc4c3)c3ccc4c(c3)oc3cc5cc6c(cc5cc34)oc3cc(N(c4ccc(-c5ccccc5)cc4)c4ccc5ccccc5c4)ccc36)cc2)c1. The number of anilines is 6. The van der Waals surface area contributed by atoms with E-state index in [0.29, 0.717) is 0 Å². The van der Waals surface area contributed by atoms with Gasteiger partial charge in [0.15, 0.2) is 0 Å². The van der Waals surface area contributed by atoms with E-state index in [0.717, 1.165) is 88.8 Å². The summed E-state index contributed by atoms with van der Waals surface area (Å²) in [5.74, 6) is 0. The van der Waals surface area contributed by atoms with E-state index in [1.165, 1.54) is 49.4 Å². The molecular formula is C67H44N2O2. The predicted molar refractivity (Wildman–Crippen MR) is 298 cm³/mol. The largest absolute Gasteiger partial charge is 0.456 e. The molecule has 71 heavy (non-hydrogen) atoms. The topological polar surface area (TPSA) is 32.8 Å². The first-order chi connectivity index (χ1) is 35.0. The van der Waals surface area contributed by atoms with Gasteiger partial charge in [0.1, 0.15) is 22.3 Å². The summed E-state index contributed by atoms with van der Waals surface area (Å²) >= 11 is 0. The monoisotopic (exact) mass is 908 g/mol. The smallest absolute Gasteiger partial charge is 0.137 e. The Kier molecular flexibility index (Phi) is 9.39. The number of benzene rings is 12. The molecule has 0 amide bonds. The van der Waals surface area contributed by atoms with Crippen molar-refractivity contribution < 1.29 is 8.83 Å². The van der Waals surface area contributed by atoms with E-state index in [2.05, 4.69) is 265 Å². The van der Waals surface area contributed by atoms with Gasteiger partial charge in [0, 0.05) is 67.8 Å². The van der Waals surface area contributed by atoms with Crippen molar-refractivity contribution >= 4 is 110 Å². The van der Waals surface area contributed by atoms with Gasteiger partial charge < -0.3 is 18.6 Å². The van der Waals surface area contributed by atoms with E-state index in [1.807, 2.05) is 0 Å². The van der Waals surface area contributed by atoms with Crippen LogP contribution in [0.5, 0.6) is 0 Å². The zero-order chi connectivity index (χ0) is 47.0. The van der Waals surface area contributed by atoms with E-state index in [4.69, 9.17) is 8.83 Å². The average molecular weight is 909 g/mol. The van der Waals surface area contributed by atoms with Crippen LogP contribution < -0.4 is 9.80 Å². The van der Waals surface area contributed by atoms with E-state index in [9.17, 15) is 0 Å². The lowest BCUT2D eigenvalue weighted by Crippen LogP contribution is -2.09. The summed E-state index contributed by atoms with van der Waals surface area (Å²) in [6, 6.07) is 89.3. The van der Waals surface area contributed by atoms with Gasteiger partial charge in [-0.15, -0.1) is 0 Å². The molecule has 2 heterocycles. The highest BCUT2D eigenvalue weighted by Crippen LogP contribution is 2.44. The molecule has 334 valence electrons. The molecule has 0 fully saturated rings. The van der Waals surface area contributed by atoms with Gasteiger partial charge in [-0.1, -0.05) is 145 Å². The molecular weight excluding hydrogens is 865 g/mol. The van der Waals surface area contributed by atoms with E-state index in [-0.39, 0.29) is 0 Å². The second kappa shape index (κ2) is 16.4. The third kappa shape index (κ3) is 7.16. The highest BCUT2D eigenvalue weighted by molar-refractivity contribution is 6.16. The van der Waals surface area contributed by atoms with Crippen molar-refractivity contribution in [3.8, 4) is 22.3 Å². The summed E-state index contributed by atoms with van der Waals surface area (Å²) in [5.41, 5.74) is 15.7. The number of rotatable bonds is 8. The molecule has 0 spiro atoms. The van der Waals surface area contributed by atoms with Gasteiger partial charge in [0.2, 0.25) is 0 Å². The van der Waals surface area contributed by atoms with E-state index in [1.54, 1.807) is 0 Å². The number of hydrogen-bond acceptors (Lipinski definition) is 4. The minimum absolute atomic E-state index is 0.835. The van der Waals surface area contributed by atoms with Crippen LogP contribution in [0.1, 0.15) is 5.56 Å². The van der Waals surface area contributed by atoms with Crippen molar-refractivity contribution in [1.29, 1.82) is 0 Å². The summed E-state index contributed by atoms with van der Waals surface area (Å²) in [6.45, 7) is 2.14. The summed E-state index contributed by atoms with van der Waals surface area (Å²) < 4.78 is 13.6. The summed E-state index contributed by atoms with van der Waals surface area (Å²) in [4.78, 5) is 4.64. The molecule has 2 aromatic heterocycles. The molecule has 12 aromatic carbocycles. The Bertz CT molecular complexity index is 4360. The minimum atomic E-state index is 0.835. The fourth-order valence-corrected chi connectivity index (χ4v) is 10.6. The van der Waals surface area contributed by atoms with Gasteiger partial charge in [0.05, 0.1) is 0 Å². The molecule has 0 radical (unpaired) electrons. The summed E-state index contributed by atoms with van der Waals surface area (Å²) in [5, 5.41) is 11.3. The fraction of sp³-hybridized carbons (Fsp3) is 0.0149. The van der Waals surface area contributed by atoms with Crippen LogP contribution in [-0.2, 0) is 0 Å². The van der Waals surface area contributed by atoms with Crippen LogP contribution in [0.2, 0.25) is 0 Å². The first kappa shape index (κ1) is 40.7. The van der Waals surface area contributed by atoms with Crippen LogP contribution in [0, 0.1) is 6.92 Å². The molecule has 0 atom stereocenters. The van der Waals surface area contributed by atoms with Crippen molar-refractivity contribution in [2.45, 2.75) is 6.92 Å². The second-order valence-electron chi connectivity index (χ2n) is 18.7. The number of nitrogens with zero attached hydrogens (tertiary/aromatic N) is 2. The number of furan rings is 2. The normalized spacial score (nSPS) is 11.7. The predicted octanol–water partition coefficient (Wildman–Crippen LogP) is 19.5. The molecule has 4 heteroatoms. The number of hydrogen-bond donors (Lipinski definition) is 0. The molecule has 4 nitrogen and oxygen atoms in total. The number of fused-ring (bicyclic) bond motifs is 9. The molecule has 14 rings (SSSR count). The van der Waals surface area contributed by atoms with Gasteiger partial charge >= 0.3 is 0 Å². The summed E-state index contributed by atoms with van der Waals surface area (Å²) in [6.07, 6.45) is 0. The lowest BCUT2D eigenvalue weighted by molar-refractivity contribution is 0.668. The second-order valence-corrected chi connectivity index (χ2v) is 18.7. The van der Waals surface area contributed by atoms with Crippen LogP contribution in [0.25, 0.3) is 98.4 Å². The Morgan fingerprint density at radius 1 is 0.239 bits per heavy atom. The Morgan fingerprint density at radius 2 is 0.634 bits per heavy atom. The van der Waals surface area contributed by atoms with Crippen LogP contribution in [-0.4, -0.2) is 0 Å². The molecule has 0 saturated heterocycles. The minimum Gasteiger partial charge on any atom is -0.456 e. The first-order valence-corrected chi connectivity index (χ1v) is 24.2. The zero-order valence-corrected chi connectivity index (χ0v) is 38.9. The fourth-order valence-electron chi connectivity index (χ4n) is 10.6. The Morgan fingerprint density at radius 3 is 1.14 bits per heavy atom. The molecule has 0 aliphatic carbocycles. The standard InChI is InChI=1S/C67H44N2O2/c1-43-10-9-17-49(34-43)48-20-26-55(27-21-48)69(57-29-23-46-14-6-8-16-51(46)36-57)59-31-33-61-63-38-53-39-64-62(37-52(53)40-65(63)71-67(61)42-59)60-32-30-58(41-66(60)70-64)68(56-28-22-45-13-5-7-15-50(45)35-56)54-24-18-47(19-25-54)44-11-3-2-4-12-44/h2-42H,1H3. The van der Waals surface area contributed by atoms with Gasteiger partial charge in [-0.3, -0.25) is 0 Å². The van der Waals surface area contributed by atoms with Crippen LogP contribution >= 0.6 is 0 Å². The molecule has 0 unspecified atom stereocenters. The van der Waals surface area contributed by atoms with Crippen molar-refractivity contribution in [2.24, 2.45) is 0 Å². The maximum absolute atomic E-state index is 6.79. The lowest BCUT2D eigenvalue weighted by atomic mass is 10.0. The van der Waals surface area contributed by atoms with Crippen molar-refractivity contribution in [3.05, 3.63) is 254 Å². The molecule has 0 bridgehead atoms. The molecule has 14 aromatic rings. The quantitative estimate of drug-likeness (QED) is 0.152. The van der Waals surface area contributed by atoms with Gasteiger partial charge in [-0.25, -0.2) is 0 Å². The molecule has 0 aliphatic rings. The Labute approximate surface area is 410 Å². The molecule has 0 aliphatic heterocycles. The Balaban J connectivity index is 0.844. The van der Waals surface area contributed by atoms with Crippen LogP contribution in [0.4, 0.5) is 34.1 Å².